The molecule has 0 saturated heterocycles. The number of hydrogen-bond donors (Lipinski definition) is 1. The lowest BCUT2D eigenvalue weighted by Gasteiger charge is -2.29. The molecule has 0 aliphatic carbocycles. The molecule has 1 heterocycles. The minimum atomic E-state index is 0.688. The van der Waals surface area contributed by atoms with E-state index in [1.807, 2.05) is 11.8 Å². The molecule has 0 radical (unpaired) electrons. The maximum Gasteiger partial charge on any atom is 0.0236 e. The van der Waals surface area contributed by atoms with Gasteiger partial charge in [-0.1, -0.05) is 25.1 Å². The Kier molecular flexibility index (Phi) is 5.74. The summed E-state index contributed by atoms with van der Waals surface area (Å²) in [5.41, 5.74) is 4.61. The van der Waals surface area contributed by atoms with Crippen molar-refractivity contribution in [3.63, 3.8) is 0 Å². The highest BCUT2D eigenvalue weighted by Gasteiger charge is 2.16. The van der Waals surface area contributed by atoms with E-state index in [4.69, 9.17) is 0 Å². The van der Waals surface area contributed by atoms with Gasteiger partial charge in [-0.3, -0.25) is 4.90 Å². The van der Waals surface area contributed by atoms with E-state index in [0.29, 0.717) is 6.04 Å². The quantitative estimate of drug-likeness (QED) is 0.861. The van der Waals surface area contributed by atoms with Gasteiger partial charge in [0.15, 0.2) is 0 Å². The van der Waals surface area contributed by atoms with Crippen molar-refractivity contribution in [3.8, 4) is 0 Å². The monoisotopic (exact) mass is 278 g/mol. The maximum atomic E-state index is 3.46. The molecule has 1 aromatic rings. The molecule has 0 aromatic heterocycles. The Morgan fingerprint density at radius 3 is 3.00 bits per heavy atom. The van der Waals surface area contributed by atoms with Crippen LogP contribution in [-0.2, 0) is 19.5 Å². The van der Waals surface area contributed by atoms with Gasteiger partial charge in [-0.05, 0) is 49.4 Å². The van der Waals surface area contributed by atoms with E-state index in [1.165, 1.54) is 29.7 Å². The molecule has 0 amide bonds. The van der Waals surface area contributed by atoms with Gasteiger partial charge in [0, 0.05) is 24.9 Å². The molecule has 2 nitrogen and oxygen atoms in total. The van der Waals surface area contributed by atoms with Gasteiger partial charge in [-0.2, -0.15) is 11.8 Å². The van der Waals surface area contributed by atoms with Crippen LogP contribution in [0, 0.1) is 0 Å². The Bertz CT molecular complexity index is 406. The summed E-state index contributed by atoms with van der Waals surface area (Å²) in [6.07, 6.45) is 4.61. The fourth-order valence-electron chi connectivity index (χ4n) is 2.91. The number of hydrogen-bond acceptors (Lipinski definition) is 3. The second kappa shape index (κ2) is 7.32. The molecule has 1 aliphatic heterocycles. The number of nitrogens with zero attached hydrogens (tertiary/aromatic N) is 1. The van der Waals surface area contributed by atoms with Gasteiger partial charge in [-0.25, -0.2) is 0 Å². The molecule has 1 aromatic carbocycles. The highest BCUT2D eigenvalue weighted by molar-refractivity contribution is 7.98. The normalized spacial score (nSPS) is 16.4. The van der Waals surface area contributed by atoms with Crippen LogP contribution in [0.4, 0.5) is 0 Å². The van der Waals surface area contributed by atoms with Gasteiger partial charge in [-0.15, -0.1) is 0 Å². The van der Waals surface area contributed by atoms with Crippen LogP contribution in [0.15, 0.2) is 18.2 Å². The van der Waals surface area contributed by atoms with Gasteiger partial charge in [0.2, 0.25) is 0 Å². The third kappa shape index (κ3) is 3.74. The van der Waals surface area contributed by atoms with E-state index < -0.39 is 0 Å². The van der Waals surface area contributed by atoms with Crippen molar-refractivity contribution in [2.75, 3.05) is 25.6 Å². The average molecular weight is 278 g/mol. The first-order chi connectivity index (χ1) is 9.26. The first-order valence-electron chi connectivity index (χ1n) is 7.25. The number of fused-ring (bicyclic) bond motifs is 1. The third-order valence-corrected chi connectivity index (χ3v) is 4.83. The summed E-state index contributed by atoms with van der Waals surface area (Å²) in [5.74, 6) is 1.23. The Morgan fingerprint density at radius 1 is 1.42 bits per heavy atom. The summed E-state index contributed by atoms with van der Waals surface area (Å²) in [6, 6.07) is 7.48. The molecule has 19 heavy (non-hydrogen) atoms. The topological polar surface area (TPSA) is 15.3 Å². The van der Waals surface area contributed by atoms with E-state index in [9.17, 15) is 0 Å². The molecule has 0 saturated carbocycles. The molecule has 1 atom stereocenters. The number of nitrogens with one attached hydrogen (secondary N) is 1. The minimum absolute atomic E-state index is 0.688. The summed E-state index contributed by atoms with van der Waals surface area (Å²) in [6.45, 7) is 5.54. The Balaban J connectivity index is 2.10. The molecular weight excluding hydrogens is 252 g/mol. The fourth-order valence-corrected chi connectivity index (χ4v) is 3.78. The molecule has 0 fully saturated rings. The molecule has 0 bridgehead atoms. The van der Waals surface area contributed by atoms with E-state index in [2.05, 4.69) is 48.6 Å². The van der Waals surface area contributed by atoms with Gasteiger partial charge in [0.1, 0.15) is 0 Å². The molecule has 1 N–H and O–H groups in total. The fraction of sp³-hybridized carbons (Fsp3) is 0.625. The Hall–Kier alpha value is -0.510. The lowest BCUT2D eigenvalue weighted by Crippen LogP contribution is -2.33. The van der Waals surface area contributed by atoms with Crippen LogP contribution < -0.4 is 5.32 Å². The summed E-state index contributed by atoms with van der Waals surface area (Å²) in [4.78, 5) is 2.52. The largest absolute Gasteiger partial charge is 0.312 e. The summed E-state index contributed by atoms with van der Waals surface area (Å²) in [5, 5.41) is 3.46. The predicted octanol–water partition coefficient (Wildman–Crippen LogP) is 2.91. The first-order valence-corrected chi connectivity index (χ1v) is 8.65. The van der Waals surface area contributed by atoms with Crippen molar-refractivity contribution in [1.29, 1.82) is 0 Å². The SMILES string of the molecule is CCC(CSC)N(C)Cc1cccc2c1CCNC2. The molecule has 1 aliphatic rings. The molecule has 1 unspecified atom stereocenters. The number of benzene rings is 1. The van der Waals surface area contributed by atoms with Crippen LogP contribution in [-0.4, -0.2) is 36.5 Å². The zero-order chi connectivity index (χ0) is 13.7. The Morgan fingerprint density at radius 2 is 2.26 bits per heavy atom. The van der Waals surface area contributed by atoms with Crippen LogP contribution in [0.5, 0.6) is 0 Å². The van der Waals surface area contributed by atoms with E-state index >= 15 is 0 Å². The van der Waals surface area contributed by atoms with Crippen molar-refractivity contribution >= 4 is 11.8 Å². The number of rotatable bonds is 6. The van der Waals surface area contributed by atoms with E-state index in [0.717, 1.165) is 19.6 Å². The molecule has 2 rings (SSSR count). The summed E-state index contributed by atoms with van der Waals surface area (Å²) >= 11 is 1.95. The van der Waals surface area contributed by atoms with Crippen LogP contribution >= 0.6 is 11.8 Å². The van der Waals surface area contributed by atoms with Crippen molar-refractivity contribution in [3.05, 3.63) is 34.9 Å². The average Bonchev–Trinajstić information content (AvgIpc) is 2.45. The van der Waals surface area contributed by atoms with Crippen molar-refractivity contribution in [1.82, 2.24) is 10.2 Å². The molecular formula is C16H26N2S. The van der Waals surface area contributed by atoms with Gasteiger partial charge in [0.25, 0.3) is 0 Å². The zero-order valence-corrected chi connectivity index (χ0v) is 13.2. The lowest BCUT2D eigenvalue weighted by molar-refractivity contribution is 0.247. The van der Waals surface area contributed by atoms with Crippen molar-refractivity contribution in [2.24, 2.45) is 0 Å². The zero-order valence-electron chi connectivity index (χ0n) is 12.4. The molecule has 106 valence electrons. The van der Waals surface area contributed by atoms with Gasteiger partial charge >= 0.3 is 0 Å². The van der Waals surface area contributed by atoms with Crippen LogP contribution in [0.2, 0.25) is 0 Å². The number of thioether (sulfide) groups is 1. The first kappa shape index (κ1) is 14.9. The van der Waals surface area contributed by atoms with E-state index in [-0.39, 0.29) is 0 Å². The lowest BCUT2D eigenvalue weighted by atomic mass is 9.95. The van der Waals surface area contributed by atoms with Crippen LogP contribution in [0.1, 0.15) is 30.0 Å². The maximum absolute atomic E-state index is 3.46. The highest BCUT2D eigenvalue weighted by atomic mass is 32.2. The Labute approximate surface area is 122 Å². The highest BCUT2D eigenvalue weighted by Crippen LogP contribution is 2.21. The standard InChI is InChI=1S/C16H26N2S/c1-4-15(12-19-3)18(2)11-14-7-5-6-13-10-17-9-8-16(13)14/h5-7,15,17H,4,8-12H2,1-3H3. The summed E-state index contributed by atoms with van der Waals surface area (Å²) in [7, 11) is 2.27. The summed E-state index contributed by atoms with van der Waals surface area (Å²) < 4.78 is 0. The second-order valence-corrected chi connectivity index (χ2v) is 6.32. The van der Waals surface area contributed by atoms with Crippen molar-refractivity contribution < 1.29 is 0 Å². The van der Waals surface area contributed by atoms with Crippen molar-refractivity contribution in [2.45, 2.75) is 38.9 Å². The second-order valence-electron chi connectivity index (χ2n) is 5.41. The van der Waals surface area contributed by atoms with Gasteiger partial charge < -0.3 is 5.32 Å². The smallest absolute Gasteiger partial charge is 0.0236 e. The minimum Gasteiger partial charge on any atom is -0.312 e. The third-order valence-electron chi connectivity index (χ3n) is 4.11. The van der Waals surface area contributed by atoms with Gasteiger partial charge in [0.05, 0.1) is 0 Å². The van der Waals surface area contributed by atoms with Crippen LogP contribution in [0.3, 0.4) is 0 Å². The van der Waals surface area contributed by atoms with Crippen LogP contribution in [0.25, 0.3) is 0 Å². The molecule has 0 spiro atoms. The molecule has 3 heteroatoms. The van der Waals surface area contributed by atoms with E-state index in [1.54, 1.807) is 5.56 Å². The predicted molar refractivity (Wildman–Crippen MR) is 85.8 cm³/mol.